The van der Waals surface area contributed by atoms with Crippen molar-refractivity contribution in [1.82, 2.24) is 9.97 Å². The van der Waals surface area contributed by atoms with E-state index in [1.807, 2.05) is 60.9 Å². The summed E-state index contributed by atoms with van der Waals surface area (Å²) in [5.74, 6) is 0.837. The number of nitrogens with zero attached hydrogens (tertiary/aromatic N) is 2. The molecular formula is C23H17N3O. The lowest BCUT2D eigenvalue weighted by Crippen LogP contribution is -1.96. The minimum atomic E-state index is 0.837. The van der Waals surface area contributed by atoms with Crippen LogP contribution in [0.15, 0.2) is 79.1 Å². The normalized spacial score (nSPS) is 11.1. The number of ether oxygens (including phenoxy) is 1. The van der Waals surface area contributed by atoms with Gasteiger partial charge in [0.05, 0.1) is 23.8 Å². The van der Waals surface area contributed by atoms with Crippen LogP contribution < -0.4 is 10.1 Å². The number of benzene rings is 3. The highest BCUT2D eigenvalue weighted by Crippen LogP contribution is 2.36. The van der Waals surface area contributed by atoms with Crippen LogP contribution in [0.3, 0.4) is 0 Å². The Morgan fingerprint density at radius 1 is 0.815 bits per heavy atom. The van der Waals surface area contributed by atoms with Crippen LogP contribution in [-0.2, 0) is 0 Å². The van der Waals surface area contributed by atoms with Crippen LogP contribution in [0.25, 0.3) is 32.6 Å². The number of aromatic nitrogens is 2. The van der Waals surface area contributed by atoms with Crippen molar-refractivity contribution < 1.29 is 4.74 Å². The first-order valence-electron chi connectivity index (χ1n) is 8.80. The predicted octanol–water partition coefficient (Wildman–Crippen LogP) is 5.69. The van der Waals surface area contributed by atoms with E-state index in [1.165, 1.54) is 0 Å². The monoisotopic (exact) mass is 351 g/mol. The first-order chi connectivity index (χ1) is 13.3. The van der Waals surface area contributed by atoms with Crippen LogP contribution in [0.1, 0.15) is 0 Å². The van der Waals surface area contributed by atoms with Gasteiger partial charge in [-0.15, -0.1) is 0 Å². The van der Waals surface area contributed by atoms with E-state index in [9.17, 15) is 0 Å². The van der Waals surface area contributed by atoms with Gasteiger partial charge in [-0.1, -0.05) is 24.3 Å². The molecule has 3 aromatic carbocycles. The number of anilines is 2. The fourth-order valence-corrected chi connectivity index (χ4v) is 3.48. The second-order valence-corrected chi connectivity index (χ2v) is 6.42. The summed E-state index contributed by atoms with van der Waals surface area (Å²) in [6.07, 6.45) is 3.69. The molecule has 130 valence electrons. The number of para-hydroxylation sites is 1. The van der Waals surface area contributed by atoms with Crippen molar-refractivity contribution in [3.05, 3.63) is 79.1 Å². The van der Waals surface area contributed by atoms with Gasteiger partial charge in [0, 0.05) is 39.6 Å². The van der Waals surface area contributed by atoms with Crippen molar-refractivity contribution in [2.24, 2.45) is 0 Å². The average Bonchev–Trinajstić information content (AvgIpc) is 2.74. The molecule has 27 heavy (non-hydrogen) atoms. The van der Waals surface area contributed by atoms with E-state index in [1.54, 1.807) is 7.11 Å². The van der Waals surface area contributed by atoms with Crippen molar-refractivity contribution in [2.45, 2.75) is 0 Å². The SMILES string of the molecule is COc1ccc(Nc2c3ccccc3nc3c2ccc2cnccc23)cc1. The number of methoxy groups -OCH3 is 1. The standard InChI is InChI=1S/C23H17N3O/c1-27-17-9-7-16(8-10-17)25-23-19-4-2-3-5-21(19)26-22-18-12-13-24-14-15(18)6-11-20(22)23/h2-14H,1H3,(H,25,26). The lowest BCUT2D eigenvalue weighted by atomic mass is 10.0. The van der Waals surface area contributed by atoms with Gasteiger partial charge in [-0.25, -0.2) is 4.98 Å². The predicted molar refractivity (Wildman–Crippen MR) is 111 cm³/mol. The molecule has 2 heterocycles. The molecule has 2 aromatic heterocycles. The molecule has 0 spiro atoms. The Labute approximate surface area is 156 Å². The summed E-state index contributed by atoms with van der Waals surface area (Å²) in [5, 5.41) is 7.96. The van der Waals surface area contributed by atoms with Gasteiger partial charge >= 0.3 is 0 Å². The molecule has 0 unspecified atom stereocenters. The second kappa shape index (κ2) is 6.25. The van der Waals surface area contributed by atoms with Crippen molar-refractivity contribution in [1.29, 1.82) is 0 Å². The third-order valence-corrected chi connectivity index (χ3v) is 4.83. The Morgan fingerprint density at radius 3 is 2.52 bits per heavy atom. The molecule has 0 fully saturated rings. The molecule has 4 nitrogen and oxygen atoms in total. The van der Waals surface area contributed by atoms with E-state index in [4.69, 9.17) is 9.72 Å². The van der Waals surface area contributed by atoms with Crippen molar-refractivity contribution in [3.63, 3.8) is 0 Å². The van der Waals surface area contributed by atoms with Gasteiger partial charge in [0.1, 0.15) is 5.75 Å². The Hall–Kier alpha value is -3.66. The summed E-state index contributed by atoms with van der Waals surface area (Å²) in [6.45, 7) is 0. The Kier molecular flexibility index (Phi) is 3.61. The van der Waals surface area contributed by atoms with E-state index < -0.39 is 0 Å². The van der Waals surface area contributed by atoms with E-state index in [0.29, 0.717) is 0 Å². The number of pyridine rings is 2. The van der Waals surface area contributed by atoms with E-state index >= 15 is 0 Å². The van der Waals surface area contributed by atoms with Crippen molar-refractivity contribution >= 4 is 44.0 Å². The zero-order chi connectivity index (χ0) is 18.2. The van der Waals surface area contributed by atoms with Gasteiger partial charge in [0.2, 0.25) is 0 Å². The zero-order valence-electron chi connectivity index (χ0n) is 14.8. The maximum Gasteiger partial charge on any atom is 0.119 e. The molecule has 0 amide bonds. The molecule has 4 heteroatoms. The molecule has 0 aliphatic heterocycles. The first kappa shape index (κ1) is 15.6. The van der Waals surface area contributed by atoms with Gasteiger partial charge in [0.15, 0.2) is 0 Å². The van der Waals surface area contributed by atoms with Gasteiger partial charge in [-0.2, -0.15) is 0 Å². The Bertz CT molecular complexity index is 1280. The minimum absolute atomic E-state index is 0.837. The van der Waals surface area contributed by atoms with Gasteiger partial charge in [0.25, 0.3) is 0 Å². The molecule has 5 aromatic rings. The van der Waals surface area contributed by atoms with Crippen LogP contribution in [0, 0.1) is 0 Å². The molecule has 0 saturated carbocycles. The fourth-order valence-electron chi connectivity index (χ4n) is 3.48. The third kappa shape index (κ3) is 2.62. The number of fused-ring (bicyclic) bond motifs is 4. The van der Waals surface area contributed by atoms with Crippen LogP contribution in [0.2, 0.25) is 0 Å². The molecule has 0 aliphatic carbocycles. The van der Waals surface area contributed by atoms with Crippen LogP contribution in [0.5, 0.6) is 5.75 Å². The van der Waals surface area contributed by atoms with Crippen molar-refractivity contribution in [2.75, 3.05) is 12.4 Å². The molecule has 0 bridgehead atoms. The summed E-state index contributed by atoms with van der Waals surface area (Å²) in [4.78, 5) is 9.18. The summed E-state index contributed by atoms with van der Waals surface area (Å²) < 4.78 is 5.26. The Morgan fingerprint density at radius 2 is 1.67 bits per heavy atom. The molecule has 0 saturated heterocycles. The number of nitrogens with one attached hydrogen (secondary N) is 1. The molecule has 0 atom stereocenters. The summed E-state index contributed by atoms with van der Waals surface area (Å²) in [7, 11) is 1.67. The molecule has 5 rings (SSSR count). The lowest BCUT2D eigenvalue weighted by Gasteiger charge is -2.15. The topological polar surface area (TPSA) is 47.0 Å². The van der Waals surface area contributed by atoms with Gasteiger partial charge < -0.3 is 10.1 Å². The summed E-state index contributed by atoms with van der Waals surface area (Å²) in [6, 6.07) is 22.4. The zero-order valence-corrected chi connectivity index (χ0v) is 14.8. The van der Waals surface area contributed by atoms with Crippen LogP contribution in [-0.4, -0.2) is 17.1 Å². The van der Waals surface area contributed by atoms with E-state index in [2.05, 4.69) is 28.5 Å². The number of rotatable bonds is 3. The number of hydrogen-bond donors (Lipinski definition) is 1. The fraction of sp³-hybridized carbons (Fsp3) is 0.0435. The van der Waals surface area contributed by atoms with Crippen molar-refractivity contribution in [3.8, 4) is 5.75 Å². The molecular weight excluding hydrogens is 334 g/mol. The highest BCUT2D eigenvalue weighted by atomic mass is 16.5. The highest BCUT2D eigenvalue weighted by molar-refractivity contribution is 6.16. The minimum Gasteiger partial charge on any atom is -0.497 e. The lowest BCUT2D eigenvalue weighted by molar-refractivity contribution is 0.415. The van der Waals surface area contributed by atoms with Gasteiger partial charge in [-0.05, 0) is 42.5 Å². The quantitative estimate of drug-likeness (QED) is 0.335. The maximum atomic E-state index is 5.26. The maximum absolute atomic E-state index is 5.26. The molecule has 0 radical (unpaired) electrons. The summed E-state index contributed by atoms with van der Waals surface area (Å²) in [5.41, 5.74) is 4.00. The average molecular weight is 351 g/mol. The largest absolute Gasteiger partial charge is 0.497 e. The second-order valence-electron chi connectivity index (χ2n) is 6.42. The third-order valence-electron chi connectivity index (χ3n) is 4.83. The smallest absolute Gasteiger partial charge is 0.119 e. The van der Waals surface area contributed by atoms with Crippen LogP contribution >= 0.6 is 0 Å². The van der Waals surface area contributed by atoms with Gasteiger partial charge in [-0.3, -0.25) is 4.98 Å². The summed E-state index contributed by atoms with van der Waals surface area (Å²) >= 11 is 0. The van der Waals surface area contributed by atoms with Crippen LogP contribution in [0.4, 0.5) is 11.4 Å². The highest BCUT2D eigenvalue weighted by Gasteiger charge is 2.12. The van der Waals surface area contributed by atoms with E-state index in [0.717, 1.165) is 49.7 Å². The molecule has 0 aliphatic rings. The van der Waals surface area contributed by atoms with E-state index in [-0.39, 0.29) is 0 Å². The number of hydrogen-bond acceptors (Lipinski definition) is 4. The molecule has 1 N–H and O–H groups in total. The Balaban J connectivity index is 1.80. The first-order valence-corrected chi connectivity index (χ1v) is 8.80.